The van der Waals surface area contributed by atoms with Gasteiger partial charge in [-0.2, -0.15) is 0 Å². The van der Waals surface area contributed by atoms with Gasteiger partial charge in [-0.05, 0) is 6.92 Å². The number of esters is 1. The topological polar surface area (TPSA) is 52.6 Å². The van der Waals surface area contributed by atoms with Crippen LogP contribution in [-0.4, -0.2) is 24.6 Å². The van der Waals surface area contributed by atoms with Crippen LogP contribution in [0.3, 0.4) is 0 Å². The number of ether oxygens (including phenoxy) is 2. The van der Waals surface area contributed by atoms with Gasteiger partial charge < -0.3 is 9.47 Å². The van der Waals surface area contributed by atoms with E-state index in [1.54, 1.807) is 0 Å². The van der Waals surface area contributed by atoms with Gasteiger partial charge in [0.05, 0.1) is 6.61 Å². The van der Waals surface area contributed by atoms with Crippen LogP contribution in [0.5, 0.6) is 0 Å². The zero-order chi connectivity index (χ0) is 10.0. The predicted octanol–water partition coefficient (Wildman–Crippen LogP) is 0.747. The number of rotatable bonds is 2. The molecule has 1 fully saturated rings. The van der Waals surface area contributed by atoms with E-state index in [4.69, 9.17) is 9.47 Å². The molecule has 1 aliphatic rings. The molecule has 1 heterocycles. The van der Waals surface area contributed by atoms with E-state index in [1.807, 2.05) is 6.92 Å². The van der Waals surface area contributed by atoms with E-state index in [1.165, 1.54) is 13.8 Å². The van der Waals surface area contributed by atoms with Crippen LogP contribution in [0, 0.1) is 11.8 Å². The molecule has 74 valence electrons. The maximum atomic E-state index is 11.1. The van der Waals surface area contributed by atoms with E-state index in [-0.39, 0.29) is 23.6 Å². The predicted molar refractivity (Wildman–Crippen MR) is 44.8 cm³/mol. The normalized spacial score (nSPS) is 33.0. The van der Waals surface area contributed by atoms with Crippen molar-refractivity contribution in [3.05, 3.63) is 0 Å². The van der Waals surface area contributed by atoms with Gasteiger partial charge in [-0.25, -0.2) is 0 Å². The Hall–Kier alpha value is -0.900. The first kappa shape index (κ1) is 10.2. The third kappa shape index (κ3) is 2.28. The number of carbonyl (C=O) groups excluding carboxylic acids is 2. The third-order valence-electron chi connectivity index (χ3n) is 2.31. The van der Waals surface area contributed by atoms with E-state index in [0.717, 1.165) is 0 Å². The van der Waals surface area contributed by atoms with Crippen molar-refractivity contribution < 1.29 is 19.1 Å². The highest BCUT2D eigenvalue weighted by molar-refractivity contribution is 5.79. The number of hydrogen-bond donors (Lipinski definition) is 0. The summed E-state index contributed by atoms with van der Waals surface area (Å²) >= 11 is 0. The lowest BCUT2D eigenvalue weighted by atomic mass is 9.93. The summed E-state index contributed by atoms with van der Waals surface area (Å²) in [5.74, 6) is -0.464. The van der Waals surface area contributed by atoms with E-state index in [9.17, 15) is 9.59 Å². The Morgan fingerprint density at radius 2 is 2.00 bits per heavy atom. The molecule has 0 aromatic rings. The van der Waals surface area contributed by atoms with Gasteiger partial charge >= 0.3 is 5.97 Å². The molecule has 0 unspecified atom stereocenters. The first-order valence-corrected chi connectivity index (χ1v) is 4.31. The Morgan fingerprint density at radius 3 is 2.38 bits per heavy atom. The van der Waals surface area contributed by atoms with E-state index < -0.39 is 6.29 Å². The Bertz CT molecular complexity index is 224. The van der Waals surface area contributed by atoms with Crippen molar-refractivity contribution >= 4 is 11.8 Å². The summed E-state index contributed by atoms with van der Waals surface area (Å²) in [7, 11) is 0. The van der Waals surface area contributed by atoms with E-state index in [0.29, 0.717) is 6.61 Å². The highest BCUT2D eigenvalue weighted by Gasteiger charge is 2.38. The Morgan fingerprint density at radius 1 is 1.38 bits per heavy atom. The second kappa shape index (κ2) is 3.87. The van der Waals surface area contributed by atoms with Gasteiger partial charge in [-0.1, -0.05) is 6.92 Å². The number of hydrogen-bond acceptors (Lipinski definition) is 4. The average Bonchev–Trinajstić information content (AvgIpc) is 2.32. The highest BCUT2D eigenvalue weighted by Crippen LogP contribution is 2.28. The van der Waals surface area contributed by atoms with Gasteiger partial charge in [0.15, 0.2) is 0 Å². The van der Waals surface area contributed by atoms with Crippen LogP contribution in [0.15, 0.2) is 0 Å². The molecular formula is C9H14O4. The lowest BCUT2D eigenvalue weighted by Crippen LogP contribution is -2.25. The monoisotopic (exact) mass is 186 g/mol. The lowest BCUT2D eigenvalue weighted by molar-refractivity contribution is -0.172. The fraction of sp³-hybridized carbons (Fsp3) is 0.778. The van der Waals surface area contributed by atoms with E-state index in [2.05, 4.69) is 0 Å². The van der Waals surface area contributed by atoms with Crippen LogP contribution in [0.2, 0.25) is 0 Å². The molecule has 1 rings (SSSR count). The maximum Gasteiger partial charge on any atom is 0.304 e. The molecule has 0 bridgehead atoms. The maximum absolute atomic E-state index is 11.1. The first-order chi connectivity index (χ1) is 6.02. The zero-order valence-corrected chi connectivity index (χ0v) is 8.07. The molecule has 1 saturated heterocycles. The molecule has 0 spiro atoms. The van der Waals surface area contributed by atoms with Crippen molar-refractivity contribution in [2.75, 3.05) is 6.61 Å². The SMILES string of the molecule is CC(=O)O[C@@H]1OC[C@@H](C(C)=O)[C@@H]1C. The highest BCUT2D eigenvalue weighted by atomic mass is 16.7. The van der Waals surface area contributed by atoms with Crippen molar-refractivity contribution in [2.24, 2.45) is 11.8 Å². The average molecular weight is 186 g/mol. The molecule has 0 N–H and O–H groups in total. The van der Waals surface area contributed by atoms with Gasteiger partial charge in [0.1, 0.15) is 5.78 Å². The van der Waals surface area contributed by atoms with Gasteiger partial charge in [0.2, 0.25) is 6.29 Å². The Labute approximate surface area is 77.2 Å². The van der Waals surface area contributed by atoms with Gasteiger partial charge in [0.25, 0.3) is 0 Å². The van der Waals surface area contributed by atoms with Gasteiger partial charge in [-0.15, -0.1) is 0 Å². The first-order valence-electron chi connectivity index (χ1n) is 4.31. The van der Waals surface area contributed by atoms with Crippen molar-refractivity contribution in [1.82, 2.24) is 0 Å². The van der Waals surface area contributed by atoms with Crippen molar-refractivity contribution in [1.29, 1.82) is 0 Å². The quantitative estimate of drug-likeness (QED) is 0.597. The summed E-state index contributed by atoms with van der Waals surface area (Å²) in [6.07, 6.45) is -0.550. The Balaban J connectivity index is 2.54. The van der Waals surface area contributed by atoms with Gasteiger partial charge in [-0.3, -0.25) is 9.59 Å². The number of carbonyl (C=O) groups is 2. The Kier molecular flexibility index (Phi) is 3.03. The third-order valence-corrected chi connectivity index (χ3v) is 2.31. The largest absolute Gasteiger partial charge is 0.436 e. The molecular weight excluding hydrogens is 172 g/mol. The number of Topliss-reactive ketones (excluding diaryl/α,β-unsaturated/α-hetero) is 1. The second-order valence-electron chi connectivity index (χ2n) is 3.39. The summed E-state index contributed by atoms with van der Waals surface area (Å²) < 4.78 is 10.1. The van der Waals surface area contributed by atoms with Crippen molar-refractivity contribution in [2.45, 2.75) is 27.1 Å². The molecule has 0 radical (unpaired) electrons. The summed E-state index contributed by atoms with van der Waals surface area (Å²) in [4.78, 5) is 21.7. The minimum atomic E-state index is -0.550. The summed E-state index contributed by atoms with van der Waals surface area (Å²) in [5, 5.41) is 0. The molecule has 3 atom stereocenters. The van der Waals surface area contributed by atoms with Gasteiger partial charge in [0, 0.05) is 18.8 Å². The minimum Gasteiger partial charge on any atom is -0.436 e. The zero-order valence-electron chi connectivity index (χ0n) is 8.07. The molecule has 1 aliphatic heterocycles. The molecule has 4 nitrogen and oxygen atoms in total. The van der Waals surface area contributed by atoms with E-state index >= 15 is 0 Å². The summed E-state index contributed by atoms with van der Waals surface area (Å²) in [6, 6.07) is 0. The number of ketones is 1. The molecule has 0 aromatic heterocycles. The molecule has 0 aliphatic carbocycles. The summed E-state index contributed by atoms with van der Waals surface area (Å²) in [5.41, 5.74) is 0. The van der Waals surface area contributed by atoms with Crippen LogP contribution in [0.1, 0.15) is 20.8 Å². The van der Waals surface area contributed by atoms with Crippen LogP contribution < -0.4 is 0 Å². The van der Waals surface area contributed by atoms with Crippen LogP contribution in [0.25, 0.3) is 0 Å². The molecule has 0 saturated carbocycles. The molecule has 0 amide bonds. The van der Waals surface area contributed by atoms with Crippen molar-refractivity contribution in [3.63, 3.8) is 0 Å². The van der Waals surface area contributed by atoms with Crippen LogP contribution in [0.4, 0.5) is 0 Å². The van der Waals surface area contributed by atoms with Crippen molar-refractivity contribution in [3.8, 4) is 0 Å². The summed E-state index contributed by atoms with van der Waals surface area (Å²) in [6.45, 7) is 5.07. The fourth-order valence-corrected chi connectivity index (χ4v) is 1.48. The smallest absolute Gasteiger partial charge is 0.304 e. The molecule has 4 heteroatoms. The van der Waals surface area contributed by atoms with Crippen LogP contribution >= 0.6 is 0 Å². The molecule has 13 heavy (non-hydrogen) atoms. The second-order valence-corrected chi connectivity index (χ2v) is 3.39. The minimum absolute atomic E-state index is 0.0404. The standard InChI is InChI=1S/C9H14O4/c1-5-8(6(2)10)4-12-9(5)13-7(3)11/h5,8-9H,4H2,1-3H3/t5-,8+,9-/m0/s1. The fourth-order valence-electron chi connectivity index (χ4n) is 1.48. The lowest BCUT2D eigenvalue weighted by Gasteiger charge is -2.15. The molecule has 0 aromatic carbocycles. The van der Waals surface area contributed by atoms with Crippen LogP contribution in [-0.2, 0) is 19.1 Å².